The van der Waals surface area contributed by atoms with Crippen LogP contribution in [0.15, 0.2) is 11.3 Å². The normalized spacial score (nSPS) is 31.4. The first-order valence-electron chi connectivity index (χ1n) is 7.76. The highest BCUT2D eigenvalue weighted by atomic mass is 28.3. The van der Waals surface area contributed by atoms with Crippen LogP contribution in [0.2, 0.25) is 18.1 Å². The Kier molecular flexibility index (Phi) is 3.87. The Morgan fingerprint density at radius 2 is 1.79 bits per heavy atom. The maximum atomic E-state index is 12.9. The average molecular weight is 278 g/mol. The van der Waals surface area contributed by atoms with Gasteiger partial charge in [-0.25, -0.2) is 0 Å². The summed E-state index contributed by atoms with van der Waals surface area (Å²) < 4.78 is 0. The molecule has 0 spiro atoms. The number of fused-ring (bicyclic) bond motifs is 2. The number of hydrogen-bond donors (Lipinski definition) is 0. The molecule has 0 aromatic heterocycles. The molecule has 1 saturated carbocycles. The molecule has 0 saturated heterocycles. The van der Waals surface area contributed by atoms with Crippen LogP contribution in [-0.4, -0.2) is 19.6 Å². The molecular weight excluding hydrogens is 252 g/mol. The fraction of sp³-hybridized carbons (Fsp3) is 0.750. The molecule has 19 heavy (non-hydrogen) atoms. The molecule has 2 bridgehead atoms. The van der Waals surface area contributed by atoms with Gasteiger partial charge in [0.25, 0.3) is 0 Å². The third kappa shape index (κ3) is 1.97. The molecule has 106 valence electrons. The monoisotopic (exact) mass is 278 g/mol. The van der Waals surface area contributed by atoms with E-state index >= 15 is 0 Å². The quantitative estimate of drug-likeness (QED) is 0.577. The lowest BCUT2D eigenvalue weighted by molar-refractivity contribution is -0.143. The zero-order chi connectivity index (χ0) is 14.3. The van der Waals surface area contributed by atoms with E-state index in [0.717, 1.165) is 42.6 Å². The Balaban J connectivity index is 2.53. The van der Waals surface area contributed by atoms with Crippen molar-refractivity contribution in [2.75, 3.05) is 0 Å². The highest BCUT2D eigenvalue weighted by Crippen LogP contribution is 2.46. The van der Waals surface area contributed by atoms with Crippen molar-refractivity contribution in [2.24, 2.45) is 11.3 Å². The maximum Gasteiger partial charge on any atom is 0.167 e. The Hall–Kier alpha value is -0.703. The summed E-state index contributed by atoms with van der Waals surface area (Å²) in [5.74, 6) is 0.410. The fourth-order valence-electron chi connectivity index (χ4n) is 4.04. The van der Waals surface area contributed by atoms with Gasteiger partial charge in [0.2, 0.25) is 0 Å². The summed E-state index contributed by atoms with van der Waals surface area (Å²) in [5.41, 5.74) is -0.690. The second kappa shape index (κ2) is 5.00. The molecule has 0 heterocycles. The van der Waals surface area contributed by atoms with Crippen LogP contribution in [0.25, 0.3) is 0 Å². The average Bonchev–Trinajstić information content (AvgIpc) is 2.42. The second-order valence-corrected chi connectivity index (χ2v) is 11.7. The maximum absolute atomic E-state index is 12.9. The Morgan fingerprint density at radius 3 is 2.32 bits per heavy atom. The molecule has 2 rings (SSSR count). The topological polar surface area (TPSA) is 34.1 Å². The van der Waals surface area contributed by atoms with Crippen LogP contribution in [-0.2, 0) is 9.59 Å². The van der Waals surface area contributed by atoms with Gasteiger partial charge in [-0.3, -0.25) is 9.59 Å². The summed E-state index contributed by atoms with van der Waals surface area (Å²) in [6.45, 7) is 8.57. The van der Waals surface area contributed by atoms with Crippen molar-refractivity contribution in [3.8, 4) is 0 Å². The van der Waals surface area contributed by atoms with E-state index in [4.69, 9.17) is 0 Å². The third-order valence-electron chi connectivity index (χ3n) is 5.79. The SMILES string of the molecule is CC[Si](CC)(CC)C1=C[C@H]2CCC[C@@](C)(C1=O)C2=O. The summed E-state index contributed by atoms with van der Waals surface area (Å²) in [6, 6.07) is 3.36. The van der Waals surface area contributed by atoms with E-state index < -0.39 is 13.5 Å². The largest absolute Gasteiger partial charge is 0.298 e. The van der Waals surface area contributed by atoms with Gasteiger partial charge in [0, 0.05) is 5.92 Å². The van der Waals surface area contributed by atoms with Crippen LogP contribution in [0.4, 0.5) is 0 Å². The number of carbonyl (C=O) groups is 2. The molecule has 0 N–H and O–H groups in total. The predicted octanol–water partition coefficient (Wildman–Crippen LogP) is 3.92. The van der Waals surface area contributed by atoms with Gasteiger partial charge >= 0.3 is 0 Å². The van der Waals surface area contributed by atoms with Crippen molar-refractivity contribution >= 4 is 19.6 Å². The molecule has 0 amide bonds. The van der Waals surface area contributed by atoms with Crippen molar-refractivity contribution in [1.82, 2.24) is 0 Å². The minimum Gasteiger partial charge on any atom is -0.298 e. The first kappa shape index (κ1) is 14.7. The van der Waals surface area contributed by atoms with Gasteiger partial charge in [-0.05, 0) is 25.0 Å². The van der Waals surface area contributed by atoms with Crippen molar-refractivity contribution in [3.05, 3.63) is 11.3 Å². The predicted molar refractivity (Wildman–Crippen MR) is 80.7 cm³/mol. The molecule has 0 aromatic carbocycles. The minimum atomic E-state index is -1.66. The molecule has 0 unspecified atom stereocenters. The van der Waals surface area contributed by atoms with Crippen molar-refractivity contribution in [2.45, 2.75) is 65.1 Å². The van der Waals surface area contributed by atoms with E-state index in [9.17, 15) is 9.59 Å². The molecule has 3 heteroatoms. The minimum absolute atomic E-state index is 0.0305. The zero-order valence-electron chi connectivity index (χ0n) is 12.7. The third-order valence-corrected chi connectivity index (χ3v) is 11.4. The molecule has 0 radical (unpaired) electrons. The summed E-state index contributed by atoms with van der Waals surface area (Å²) in [7, 11) is -1.66. The standard InChI is InChI=1S/C16H26O2Si/c1-5-19(6-2,7-3)13-11-12-9-8-10-16(4,14(12)17)15(13)18/h11-12H,5-10H2,1-4H3/t12-,16-/m1/s1. The summed E-state index contributed by atoms with van der Waals surface area (Å²) in [4.78, 5) is 25.4. The highest BCUT2D eigenvalue weighted by molar-refractivity contribution is 6.90. The van der Waals surface area contributed by atoms with E-state index in [1.165, 1.54) is 0 Å². The van der Waals surface area contributed by atoms with Crippen molar-refractivity contribution in [1.29, 1.82) is 0 Å². The van der Waals surface area contributed by atoms with Crippen LogP contribution >= 0.6 is 0 Å². The molecule has 2 aliphatic rings. The van der Waals surface area contributed by atoms with Crippen LogP contribution in [0.3, 0.4) is 0 Å². The second-order valence-electron chi connectivity index (χ2n) is 6.45. The van der Waals surface area contributed by atoms with Gasteiger partial charge in [-0.1, -0.05) is 51.4 Å². The molecule has 0 aromatic rings. The number of Topliss-reactive ketones (excluding diaryl/α,β-unsaturated/α-hetero) is 2. The van der Waals surface area contributed by atoms with Gasteiger partial charge < -0.3 is 0 Å². The van der Waals surface area contributed by atoms with E-state index in [1.807, 2.05) is 6.92 Å². The lowest BCUT2D eigenvalue weighted by atomic mass is 9.64. The highest BCUT2D eigenvalue weighted by Gasteiger charge is 2.53. The smallest absolute Gasteiger partial charge is 0.167 e. The first-order chi connectivity index (χ1) is 8.95. The molecule has 1 fully saturated rings. The Bertz CT molecular complexity index is 426. The van der Waals surface area contributed by atoms with Crippen LogP contribution in [0.1, 0.15) is 47.0 Å². The zero-order valence-corrected chi connectivity index (χ0v) is 13.7. The number of allylic oxidation sites excluding steroid dienone is 2. The van der Waals surface area contributed by atoms with Crippen LogP contribution < -0.4 is 0 Å². The van der Waals surface area contributed by atoms with E-state index in [0.29, 0.717) is 0 Å². The fourth-order valence-corrected chi connectivity index (χ4v) is 7.99. The number of rotatable bonds is 4. The number of hydrogen-bond acceptors (Lipinski definition) is 2. The van der Waals surface area contributed by atoms with Gasteiger partial charge in [0.05, 0.1) is 13.5 Å². The summed E-state index contributed by atoms with van der Waals surface area (Å²) >= 11 is 0. The van der Waals surface area contributed by atoms with Gasteiger partial charge in [0.1, 0.15) is 0 Å². The lowest BCUT2D eigenvalue weighted by Gasteiger charge is -2.43. The Morgan fingerprint density at radius 1 is 1.21 bits per heavy atom. The first-order valence-corrected chi connectivity index (χ1v) is 10.4. The van der Waals surface area contributed by atoms with E-state index in [2.05, 4.69) is 26.8 Å². The van der Waals surface area contributed by atoms with Gasteiger partial charge in [-0.15, -0.1) is 0 Å². The number of carbonyl (C=O) groups excluding carboxylic acids is 2. The summed E-state index contributed by atoms with van der Waals surface area (Å²) in [5, 5.41) is 1.10. The molecule has 0 aliphatic heterocycles. The van der Waals surface area contributed by atoms with Crippen LogP contribution in [0.5, 0.6) is 0 Å². The summed E-state index contributed by atoms with van der Waals surface area (Å²) in [6.07, 6.45) is 4.82. The van der Waals surface area contributed by atoms with Crippen LogP contribution in [0, 0.1) is 11.3 Å². The molecule has 2 aliphatic carbocycles. The lowest BCUT2D eigenvalue weighted by Crippen LogP contribution is -2.53. The van der Waals surface area contributed by atoms with Crippen molar-refractivity contribution in [3.63, 3.8) is 0 Å². The molecule has 2 nitrogen and oxygen atoms in total. The van der Waals surface area contributed by atoms with Gasteiger partial charge in [0.15, 0.2) is 11.6 Å². The molecular formula is C16H26O2Si. The van der Waals surface area contributed by atoms with Crippen molar-refractivity contribution < 1.29 is 9.59 Å². The number of ketones is 2. The molecule has 2 atom stereocenters. The van der Waals surface area contributed by atoms with E-state index in [1.54, 1.807) is 0 Å². The van der Waals surface area contributed by atoms with E-state index in [-0.39, 0.29) is 17.5 Å². The Labute approximate surface area is 117 Å². The van der Waals surface area contributed by atoms with Gasteiger partial charge in [-0.2, -0.15) is 0 Å².